The molecule has 2 atom stereocenters. The highest BCUT2D eigenvalue weighted by molar-refractivity contribution is 6.20. The molecule has 64 valence electrons. The fraction of sp³-hybridized carbons (Fsp3) is 0.556. The van der Waals surface area contributed by atoms with Gasteiger partial charge < -0.3 is 0 Å². The van der Waals surface area contributed by atoms with Crippen molar-refractivity contribution < 1.29 is 0 Å². The second-order valence-corrected chi connectivity index (χ2v) is 3.90. The summed E-state index contributed by atoms with van der Waals surface area (Å²) in [7, 11) is 0. The predicted molar refractivity (Wildman–Crippen MR) is 48.3 cm³/mol. The molecule has 0 aliphatic heterocycles. The van der Waals surface area contributed by atoms with E-state index in [0.29, 0.717) is 11.3 Å². The molecule has 1 aromatic heterocycles. The predicted octanol–water partition coefficient (Wildman–Crippen LogP) is 2.35. The van der Waals surface area contributed by atoms with E-state index in [-0.39, 0.29) is 0 Å². The van der Waals surface area contributed by atoms with Gasteiger partial charge in [-0.05, 0) is 30.7 Å². The minimum absolute atomic E-state index is 0.357. The van der Waals surface area contributed by atoms with E-state index in [9.17, 15) is 0 Å². The summed E-state index contributed by atoms with van der Waals surface area (Å²) in [5.41, 5.74) is 1.24. The topological polar surface area (TPSA) is 25.8 Å². The summed E-state index contributed by atoms with van der Waals surface area (Å²) in [6.45, 7) is 0. The van der Waals surface area contributed by atoms with Gasteiger partial charge >= 0.3 is 0 Å². The molecule has 1 aliphatic rings. The van der Waals surface area contributed by atoms with Crippen LogP contribution in [0.15, 0.2) is 18.7 Å². The SMILES string of the molecule is ClC1CCC(c2cncnc2)C1. The van der Waals surface area contributed by atoms with Crippen molar-refractivity contribution in [3.8, 4) is 0 Å². The van der Waals surface area contributed by atoms with Crippen LogP contribution >= 0.6 is 11.6 Å². The highest BCUT2D eigenvalue weighted by Crippen LogP contribution is 2.36. The Labute approximate surface area is 77.0 Å². The minimum atomic E-state index is 0.357. The van der Waals surface area contributed by atoms with Crippen molar-refractivity contribution in [3.05, 3.63) is 24.3 Å². The van der Waals surface area contributed by atoms with Gasteiger partial charge in [0.1, 0.15) is 6.33 Å². The van der Waals surface area contributed by atoms with Crippen molar-refractivity contribution in [1.82, 2.24) is 9.97 Å². The summed E-state index contributed by atoms with van der Waals surface area (Å²) in [4.78, 5) is 8.00. The number of nitrogens with zero attached hydrogens (tertiary/aromatic N) is 2. The molecule has 2 unspecified atom stereocenters. The number of rotatable bonds is 1. The smallest absolute Gasteiger partial charge is 0.115 e. The zero-order chi connectivity index (χ0) is 8.39. The molecule has 1 saturated carbocycles. The van der Waals surface area contributed by atoms with Crippen molar-refractivity contribution in [1.29, 1.82) is 0 Å². The van der Waals surface area contributed by atoms with Crippen molar-refractivity contribution in [2.75, 3.05) is 0 Å². The maximum atomic E-state index is 6.02. The summed E-state index contributed by atoms with van der Waals surface area (Å²) in [5.74, 6) is 0.591. The van der Waals surface area contributed by atoms with Gasteiger partial charge in [-0.15, -0.1) is 11.6 Å². The molecule has 2 nitrogen and oxygen atoms in total. The van der Waals surface area contributed by atoms with Crippen LogP contribution in [0.5, 0.6) is 0 Å². The Morgan fingerprint density at radius 1 is 1.25 bits per heavy atom. The number of aromatic nitrogens is 2. The minimum Gasteiger partial charge on any atom is -0.245 e. The Kier molecular flexibility index (Phi) is 2.26. The second-order valence-electron chi connectivity index (χ2n) is 3.28. The van der Waals surface area contributed by atoms with Crippen molar-refractivity contribution >= 4 is 11.6 Å². The van der Waals surface area contributed by atoms with E-state index in [2.05, 4.69) is 9.97 Å². The van der Waals surface area contributed by atoms with Crippen LogP contribution in [-0.2, 0) is 0 Å². The van der Waals surface area contributed by atoms with E-state index < -0.39 is 0 Å². The van der Waals surface area contributed by atoms with Gasteiger partial charge in [-0.2, -0.15) is 0 Å². The molecule has 0 amide bonds. The van der Waals surface area contributed by atoms with Crippen LogP contribution in [0.1, 0.15) is 30.7 Å². The molecule has 3 heteroatoms. The summed E-state index contributed by atoms with van der Waals surface area (Å²) in [6.07, 6.45) is 8.74. The van der Waals surface area contributed by atoms with Crippen LogP contribution in [0.25, 0.3) is 0 Å². The van der Waals surface area contributed by atoms with Crippen LogP contribution in [0, 0.1) is 0 Å². The first kappa shape index (κ1) is 7.99. The summed E-state index contributed by atoms with van der Waals surface area (Å²) in [6, 6.07) is 0. The normalized spacial score (nSPS) is 29.1. The zero-order valence-electron chi connectivity index (χ0n) is 6.78. The molecule has 12 heavy (non-hydrogen) atoms. The van der Waals surface area contributed by atoms with E-state index in [0.717, 1.165) is 12.8 Å². The first-order chi connectivity index (χ1) is 5.86. The Hall–Kier alpha value is -0.630. The van der Waals surface area contributed by atoms with E-state index >= 15 is 0 Å². The first-order valence-corrected chi connectivity index (χ1v) is 4.69. The van der Waals surface area contributed by atoms with Gasteiger partial charge in [-0.1, -0.05) is 0 Å². The van der Waals surface area contributed by atoms with E-state index in [1.165, 1.54) is 12.0 Å². The average molecular weight is 183 g/mol. The van der Waals surface area contributed by atoms with Crippen LogP contribution in [-0.4, -0.2) is 15.3 Å². The van der Waals surface area contributed by atoms with Gasteiger partial charge in [0.25, 0.3) is 0 Å². The van der Waals surface area contributed by atoms with Crippen LogP contribution < -0.4 is 0 Å². The first-order valence-electron chi connectivity index (χ1n) is 4.25. The van der Waals surface area contributed by atoms with Crippen molar-refractivity contribution in [2.45, 2.75) is 30.6 Å². The Bertz CT molecular complexity index is 250. The highest BCUT2D eigenvalue weighted by Gasteiger charge is 2.24. The molecule has 0 radical (unpaired) electrons. The van der Waals surface area contributed by atoms with Gasteiger partial charge in [0, 0.05) is 17.8 Å². The molecule has 2 rings (SSSR count). The Balaban J connectivity index is 2.11. The summed E-state index contributed by atoms with van der Waals surface area (Å²) < 4.78 is 0. The lowest BCUT2D eigenvalue weighted by Crippen LogP contribution is -1.95. The fourth-order valence-corrected chi connectivity index (χ4v) is 2.09. The third kappa shape index (κ3) is 1.58. The van der Waals surface area contributed by atoms with E-state index in [1.54, 1.807) is 6.33 Å². The highest BCUT2D eigenvalue weighted by atomic mass is 35.5. The lowest BCUT2D eigenvalue weighted by molar-refractivity contribution is 0.714. The van der Waals surface area contributed by atoms with Crippen LogP contribution in [0.3, 0.4) is 0 Å². The molecule has 1 heterocycles. The van der Waals surface area contributed by atoms with E-state index in [1.807, 2.05) is 12.4 Å². The molecule has 0 spiro atoms. The third-order valence-electron chi connectivity index (χ3n) is 2.42. The molecule has 0 aromatic carbocycles. The average Bonchev–Trinajstić information content (AvgIpc) is 2.54. The fourth-order valence-electron chi connectivity index (χ4n) is 1.75. The number of hydrogen-bond acceptors (Lipinski definition) is 2. The van der Waals surface area contributed by atoms with Crippen LogP contribution in [0.4, 0.5) is 0 Å². The Morgan fingerprint density at radius 3 is 2.58 bits per heavy atom. The quantitative estimate of drug-likeness (QED) is 0.624. The largest absolute Gasteiger partial charge is 0.245 e. The molecular weight excluding hydrogens is 172 g/mol. The van der Waals surface area contributed by atoms with Crippen molar-refractivity contribution in [2.24, 2.45) is 0 Å². The number of halogens is 1. The molecule has 1 aromatic rings. The summed E-state index contributed by atoms with van der Waals surface area (Å²) >= 11 is 6.02. The van der Waals surface area contributed by atoms with Gasteiger partial charge in [0.05, 0.1) is 0 Å². The monoisotopic (exact) mass is 182 g/mol. The molecule has 0 saturated heterocycles. The lowest BCUT2D eigenvalue weighted by atomic mass is 10.0. The van der Waals surface area contributed by atoms with Crippen LogP contribution in [0.2, 0.25) is 0 Å². The second kappa shape index (κ2) is 3.40. The molecule has 1 fully saturated rings. The maximum absolute atomic E-state index is 6.02. The van der Waals surface area contributed by atoms with Gasteiger partial charge in [-0.25, -0.2) is 9.97 Å². The van der Waals surface area contributed by atoms with Gasteiger partial charge in [-0.3, -0.25) is 0 Å². The standard InChI is InChI=1S/C9H11ClN2/c10-9-2-1-7(3-9)8-4-11-6-12-5-8/h4-7,9H,1-3H2. The number of alkyl halides is 1. The maximum Gasteiger partial charge on any atom is 0.115 e. The summed E-state index contributed by atoms with van der Waals surface area (Å²) in [5, 5.41) is 0.357. The molecular formula is C9H11ClN2. The third-order valence-corrected chi connectivity index (χ3v) is 2.82. The van der Waals surface area contributed by atoms with E-state index in [4.69, 9.17) is 11.6 Å². The Morgan fingerprint density at radius 2 is 2.00 bits per heavy atom. The molecule has 0 bridgehead atoms. The molecule has 0 N–H and O–H groups in total. The lowest BCUT2D eigenvalue weighted by Gasteiger charge is -2.06. The van der Waals surface area contributed by atoms with Gasteiger partial charge in [0.2, 0.25) is 0 Å². The molecule has 1 aliphatic carbocycles. The van der Waals surface area contributed by atoms with Crippen molar-refractivity contribution in [3.63, 3.8) is 0 Å². The zero-order valence-corrected chi connectivity index (χ0v) is 7.54. The number of hydrogen-bond donors (Lipinski definition) is 0. The van der Waals surface area contributed by atoms with Gasteiger partial charge in [0.15, 0.2) is 0 Å².